The Bertz CT molecular complexity index is 526. The molecule has 0 aromatic heterocycles. The molecule has 0 saturated carbocycles. The summed E-state index contributed by atoms with van der Waals surface area (Å²) in [5.74, 6) is -1.27. The Balaban J connectivity index is 1.85. The van der Waals surface area contributed by atoms with Crippen molar-refractivity contribution < 1.29 is 14.7 Å². The second-order valence-electron chi connectivity index (χ2n) is 5.31. The molecule has 2 aliphatic heterocycles. The lowest BCUT2D eigenvalue weighted by atomic mass is 9.89. The number of amides is 1. The van der Waals surface area contributed by atoms with Gasteiger partial charge in [-0.15, -0.1) is 0 Å². The third-order valence-electron chi connectivity index (χ3n) is 4.25. The first-order valence-electron chi connectivity index (χ1n) is 6.49. The van der Waals surface area contributed by atoms with Gasteiger partial charge in [0.15, 0.2) is 0 Å². The molecule has 2 fully saturated rings. The number of hydrogen-bond acceptors (Lipinski definition) is 3. The van der Waals surface area contributed by atoms with Gasteiger partial charge >= 0.3 is 5.97 Å². The van der Waals surface area contributed by atoms with E-state index in [4.69, 9.17) is 5.73 Å². The molecule has 3 rings (SSSR count). The third-order valence-corrected chi connectivity index (χ3v) is 4.25. The number of anilines is 1. The van der Waals surface area contributed by atoms with E-state index in [0.29, 0.717) is 17.7 Å². The number of carbonyl (C=O) groups excluding carboxylic acids is 1. The summed E-state index contributed by atoms with van der Waals surface area (Å²) in [5, 5.41) is 9.19. The molecule has 0 radical (unpaired) electrons. The first-order valence-corrected chi connectivity index (χ1v) is 6.49. The van der Waals surface area contributed by atoms with Crippen LogP contribution < -0.4 is 5.73 Å². The largest absolute Gasteiger partial charge is 0.481 e. The van der Waals surface area contributed by atoms with Crippen LogP contribution in [0.1, 0.15) is 29.6 Å². The maximum atomic E-state index is 12.5. The predicted octanol–water partition coefficient (Wildman–Crippen LogP) is 1.35. The maximum Gasteiger partial charge on any atom is 0.308 e. The highest BCUT2D eigenvalue weighted by atomic mass is 16.4. The minimum atomic E-state index is -0.790. The molecule has 3 atom stereocenters. The summed E-state index contributed by atoms with van der Waals surface area (Å²) in [7, 11) is 0. The molecule has 2 aliphatic rings. The number of nitrogen functional groups attached to an aromatic ring is 1. The van der Waals surface area contributed by atoms with Crippen LogP contribution in [0.2, 0.25) is 0 Å². The molecule has 5 nitrogen and oxygen atoms in total. The van der Waals surface area contributed by atoms with Gasteiger partial charge in [0.1, 0.15) is 0 Å². The monoisotopic (exact) mass is 260 g/mol. The van der Waals surface area contributed by atoms with Crippen LogP contribution in [0.25, 0.3) is 0 Å². The molecule has 1 amide bonds. The van der Waals surface area contributed by atoms with Crippen molar-refractivity contribution in [1.82, 2.24) is 4.90 Å². The van der Waals surface area contributed by atoms with Gasteiger partial charge in [-0.2, -0.15) is 0 Å². The predicted molar refractivity (Wildman–Crippen MR) is 69.6 cm³/mol. The Kier molecular flexibility index (Phi) is 2.69. The summed E-state index contributed by atoms with van der Waals surface area (Å²) in [6, 6.07) is 6.72. The van der Waals surface area contributed by atoms with Crippen LogP contribution in [-0.4, -0.2) is 34.0 Å². The van der Waals surface area contributed by atoms with Crippen LogP contribution in [0.3, 0.4) is 0 Å². The van der Waals surface area contributed by atoms with Crippen molar-refractivity contribution in [2.45, 2.75) is 31.3 Å². The minimum absolute atomic E-state index is 0.0729. The molecular weight excluding hydrogens is 244 g/mol. The normalized spacial score (nSPS) is 28.6. The van der Waals surface area contributed by atoms with E-state index >= 15 is 0 Å². The van der Waals surface area contributed by atoms with E-state index in [2.05, 4.69) is 0 Å². The summed E-state index contributed by atoms with van der Waals surface area (Å²) < 4.78 is 0. The van der Waals surface area contributed by atoms with Gasteiger partial charge in [0.05, 0.1) is 5.92 Å². The Morgan fingerprint density at radius 1 is 1.21 bits per heavy atom. The van der Waals surface area contributed by atoms with E-state index in [1.807, 2.05) is 0 Å². The summed E-state index contributed by atoms with van der Waals surface area (Å²) in [4.78, 5) is 25.4. The van der Waals surface area contributed by atoms with E-state index in [9.17, 15) is 14.7 Å². The first kappa shape index (κ1) is 12.0. The molecule has 2 heterocycles. The fraction of sp³-hybridized carbons (Fsp3) is 0.429. The SMILES string of the molecule is Nc1ccc(C(=O)N2C3CCC2C(C(=O)O)C3)cc1. The highest BCUT2D eigenvalue weighted by Crippen LogP contribution is 2.42. The number of nitrogens with zero attached hydrogens (tertiary/aromatic N) is 1. The quantitative estimate of drug-likeness (QED) is 0.786. The number of aliphatic carboxylic acids is 1. The number of carbonyl (C=O) groups is 2. The van der Waals surface area contributed by atoms with Gasteiger partial charge in [-0.25, -0.2) is 0 Å². The Morgan fingerprint density at radius 3 is 2.47 bits per heavy atom. The zero-order chi connectivity index (χ0) is 13.6. The Labute approximate surface area is 111 Å². The van der Waals surface area contributed by atoms with Crippen LogP contribution in [0.4, 0.5) is 5.69 Å². The number of rotatable bonds is 2. The molecule has 100 valence electrons. The molecule has 2 saturated heterocycles. The molecule has 0 aliphatic carbocycles. The van der Waals surface area contributed by atoms with Gasteiger partial charge in [0, 0.05) is 23.3 Å². The zero-order valence-corrected chi connectivity index (χ0v) is 10.5. The molecule has 2 bridgehead atoms. The fourth-order valence-corrected chi connectivity index (χ4v) is 3.35. The topological polar surface area (TPSA) is 83.6 Å². The number of nitrogens with two attached hydrogens (primary N) is 1. The van der Waals surface area contributed by atoms with Crippen LogP contribution in [-0.2, 0) is 4.79 Å². The highest BCUT2D eigenvalue weighted by Gasteiger charge is 2.51. The van der Waals surface area contributed by atoms with Gasteiger partial charge in [0.25, 0.3) is 5.91 Å². The van der Waals surface area contributed by atoms with E-state index in [1.54, 1.807) is 29.2 Å². The average Bonchev–Trinajstić information content (AvgIpc) is 2.96. The van der Waals surface area contributed by atoms with Gasteiger partial charge in [-0.3, -0.25) is 9.59 Å². The number of carboxylic acid groups (broad SMARTS) is 1. The zero-order valence-electron chi connectivity index (χ0n) is 10.5. The molecule has 0 spiro atoms. The minimum Gasteiger partial charge on any atom is -0.481 e. The summed E-state index contributed by atoms with van der Waals surface area (Å²) in [5.41, 5.74) is 6.80. The van der Waals surface area contributed by atoms with Crippen LogP contribution >= 0.6 is 0 Å². The van der Waals surface area contributed by atoms with Gasteiger partial charge in [-0.1, -0.05) is 0 Å². The van der Waals surface area contributed by atoms with Crippen molar-refractivity contribution in [2.75, 3.05) is 5.73 Å². The first-order chi connectivity index (χ1) is 9.08. The summed E-state index contributed by atoms with van der Waals surface area (Å²) >= 11 is 0. The van der Waals surface area contributed by atoms with Gasteiger partial charge < -0.3 is 15.7 Å². The number of benzene rings is 1. The molecule has 5 heteroatoms. The van der Waals surface area contributed by atoms with Crippen LogP contribution in [0.15, 0.2) is 24.3 Å². The molecule has 1 aromatic rings. The molecule has 19 heavy (non-hydrogen) atoms. The van der Waals surface area contributed by atoms with Crippen molar-refractivity contribution in [3.05, 3.63) is 29.8 Å². The number of hydrogen-bond donors (Lipinski definition) is 2. The average molecular weight is 260 g/mol. The second kappa shape index (κ2) is 4.26. The second-order valence-corrected chi connectivity index (χ2v) is 5.31. The fourth-order valence-electron chi connectivity index (χ4n) is 3.35. The Morgan fingerprint density at radius 2 is 1.89 bits per heavy atom. The summed E-state index contributed by atoms with van der Waals surface area (Å²) in [6.07, 6.45) is 2.29. The van der Waals surface area contributed by atoms with E-state index in [1.165, 1.54) is 0 Å². The smallest absolute Gasteiger partial charge is 0.308 e. The van der Waals surface area contributed by atoms with Crippen molar-refractivity contribution in [3.8, 4) is 0 Å². The third kappa shape index (κ3) is 1.85. The molecule has 3 unspecified atom stereocenters. The van der Waals surface area contributed by atoms with Gasteiger partial charge in [0.2, 0.25) is 0 Å². The summed E-state index contributed by atoms with van der Waals surface area (Å²) in [6.45, 7) is 0. The van der Waals surface area contributed by atoms with Gasteiger partial charge in [-0.05, 0) is 43.5 Å². The molecule has 1 aromatic carbocycles. The lowest BCUT2D eigenvalue weighted by Gasteiger charge is -2.23. The highest BCUT2D eigenvalue weighted by molar-refractivity contribution is 5.96. The van der Waals surface area contributed by atoms with Crippen LogP contribution in [0, 0.1) is 5.92 Å². The number of fused-ring (bicyclic) bond motifs is 2. The molecular formula is C14H16N2O3. The maximum absolute atomic E-state index is 12.5. The Hall–Kier alpha value is -2.04. The van der Waals surface area contributed by atoms with Crippen molar-refractivity contribution in [1.29, 1.82) is 0 Å². The van der Waals surface area contributed by atoms with Crippen LogP contribution in [0.5, 0.6) is 0 Å². The van der Waals surface area contributed by atoms with Crippen molar-refractivity contribution in [3.63, 3.8) is 0 Å². The van der Waals surface area contributed by atoms with E-state index in [0.717, 1.165) is 12.8 Å². The molecule has 3 N–H and O–H groups in total. The number of carboxylic acids is 1. The van der Waals surface area contributed by atoms with Crippen molar-refractivity contribution >= 4 is 17.6 Å². The van der Waals surface area contributed by atoms with E-state index in [-0.39, 0.29) is 18.0 Å². The van der Waals surface area contributed by atoms with Crippen molar-refractivity contribution in [2.24, 2.45) is 5.92 Å². The lowest BCUT2D eigenvalue weighted by Crippen LogP contribution is -2.37. The van der Waals surface area contributed by atoms with E-state index < -0.39 is 11.9 Å². The standard InChI is InChI=1S/C14H16N2O3/c15-9-3-1-8(2-4-9)13(17)16-10-5-6-12(16)11(7-10)14(18)19/h1-4,10-12H,5-7,15H2,(H,18,19). The lowest BCUT2D eigenvalue weighted by molar-refractivity contribution is -0.142.